The molecule has 0 bridgehead atoms. The molecule has 0 saturated carbocycles. The molecule has 1 atom stereocenters. The quantitative estimate of drug-likeness (QED) is 0.901. The third kappa shape index (κ3) is 3.30. The lowest BCUT2D eigenvalue weighted by atomic mass is 10.1. The molecule has 2 aliphatic heterocycles. The van der Waals surface area contributed by atoms with Crippen LogP contribution in [-0.4, -0.2) is 31.6 Å². The number of hydrogen-bond donors (Lipinski definition) is 2. The standard InChI is InChI=1S/C19H20FN3O2/c20-16-4-2-1-3-13(16)12-25-15-5-6-17-18(10-15)23-8-7-21-11-14(23)9-19(24)22-17/h1-6,10,14,21H,7-9,11-12H2,(H,22,24). The fourth-order valence-corrected chi connectivity index (χ4v) is 3.40. The van der Waals surface area contributed by atoms with E-state index in [0.717, 1.165) is 31.0 Å². The molecule has 2 aromatic carbocycles. The molecule has 1 saturated heterocycles. The number of halogens is 1. The number of nitrogens with zero attached hydrogens (tertiary/aromatic N) is 1. The summed E-state index contributed by atoms with van der Waals surface area (Å²) >= 11 is 0. The van der Waals surface area contributed by atoms with Gasteiger partial charge in [-0.25, -0.2) is 4.39 Å². The van der Waals surface area contributed by atoms with Gasteiger partial charge in [0.25, 0.3) is 0 Å². The largest absolute Gasteiger partial charge is 0.489 e. The average molecular weight is 341 g/mol. The Hall–Kier alpha value is -2.60. The molecule has 1 unspecified atom stereocenters. The van der Waals surface area contributed by atoms with Crippen molar-refractivity contribution in [2.24, 2.45) is 0 Å². The van der Waals surface area contributed by atoms with Crippen molar-refractivity contribution in [2.75, 3.05) is 29.9 Å². The van der Waals surface area contributed by atoms with Gasteiger partial charge in [0.2, 0.25) is 5.91 Å². The van der Waals surface area contributed by atoms with Gasteiger partial charge < -0.3 is 20.3 Å². The van der Waals surface area contributed by atoms with Crippen LogP contribution in [0.15, 0.2) is 42.5 Å². The van der Waals surface area contributed by atoms with Crippen molar-refractivity contribution in [3.63, 3.8) is 0 Å². The summed E-state index contributed by atoms with van der Waals surface area (Å²) in [5.74, 6) is 0.416. The van der Waals surface area contributed by atoms with Gasteiger partial charge in [-0.1, -0.05) is 18.2 Å². The van der Waals surface area contributed by atoms with Crippen molar-refractivity contribution in [1.82, 2.24) is 5.32 Å². The lowest BCUT2D eigenvalue weighted by Gasteiger charge is -2.36. The maximum atomic E-state index is 13.7. The number of ether oxygens (including phenoxy) is 1. The molecule has 130 valence electrons. The first-order chi connectivity index (χ1) is 12.2. The zero-order valence-electron chi connectivity index (χ0n) is 13.8. The molecular weight excluding hydrogens is 321 g/mol. The van der Waals surface area contributed by atoms with Crippen LogP contribution in [0.2, 0.25) is 0 Å². The molecule has 2 heterocycles. The van der Waals surface area contributed by atoms with Crippen LogP contribution in [0.3, 0.4) is 0 Å². The third-order valence-corrected chi connectivity index (χ3v) is 4.68. The molecule has 0 spiro atoms. The minimum Gasteiger partial charge on any atom is -0.489 e. The van der Waals surface area contributed by atoms with Gasteiger partial charge in [-0.3, -0.25) is 4.79 Å². The van der Waals surface area contributed by atoms with E-state index in [0.29, 0.717) is 17.7 Å². The topological polar surface area (TPSA) is 53.6 Å². The second-order valence-corrected chi connectivity index (χ2v) is 6.36. The van der Waals surface area contributed by atoms with E-state index in [4.69, 9.17) is 4.74 Å². The highest BCUT2D eigenvalue weighted by Crippen LogP contribution is 2.35. The van der Waals surface area contributed by atoms with E-state index in [1.165, 1.54) is 6.07 Å². The van der Waals surface area contributed by atoms with Crippen LogP contribution in [0, 0.1) is 5.82 Å². The Morgan fingerprint density at radius 2 is 2.12 bits per heavy atom. The summed E-state index contributed by atoms with van der Waals surface area (Å²) in [4.78, 5) is 14.3. The van der Waals surface area contributed by atoms with Crippen molar-refractivity contribution in [1.29, 1.82) is 0 Å². The summed E-state index contributed by atoms with van der Waals surface area (Å²) in [6.45, 7) is 2.67. The Balaban J connectivity index is 1.59. The summed E-state index contributed by atoms with van der Waals surface area (Å²) in [5.41, 5.74) is 2.28. The highest BCUT2D eigenvalue weighted by Gasteiger charge is 2.30. The number of fused-ring (bicyclic) bond motifs is 3. The van der Waals surface area contributed by atoms with Crippen LogP contribution in [-0.2, 0) is 11.4 Å². The van der Waals surface area contributed by atoms with Gasteiger partial charge in [-0.2, -0.15) is 0 Å². The number of benzene rings is 2. The number of hydrogen-bond acceptors (Lipinski definition) is 4. The minimum absolute atomic E-state index is 0.0254. The van der Waals surface area contributed by atoms with Crippen LogP contribution in [0.4, 0.5) is 15.8 Å². The predicted octanol–water partition coefficient (Wildman–Crippen LogP) is 2.53. The Bertz CT molecular complexity index is 796. The SMILES string of the molecule is O=C1CC2CNCCN2c2cc(OCc3ccccc3F)ccc2N1. The van der Waals surface area contributed by atoms with E-state index < -0.39 is 0 Å². The zero-order chi connectivity index (χ0) is 17.2. The predicted molar refractivity (Wildman–Crippen MR) is 94.4 cm³/mol. The summed E-state index contributed by atoms with van der Waals surface area (Å²) in [6, 6.07) is 12.3. The summed E-state index contributed by atoms with van der Waals surface area (Å²) in [6.07, 6.45) is 0.465. The molecule has 2 aromatic rings. The van der Waals surface area contributed by atoms with Gasteiger partial charge in [-0.05, 0) is 18.2 Å². The summed E-state index contributed by atoms with van der Waals surface area (Å²) in [7, 11) is 0. The van der Waals surface area contributed by atoms with Crippen LogP contribution >= 0.6 is 0 Å². The van der Waals surface area contributed by atoms with E-state index in [2.05, 4.69) is 15.5 Å². The Kier molecular flexibility index (Phi) is 4.28. The summed E-state index contributed by atoms with van der Waals surface area (Å²) < 4.78 is 19.5. The maximum Gasteiger partial charge on any atom is 0.226 e. The fourth-order valence-electron chi connectivity index (χ4n) is 3.40. The molecule has 4 rings (SSSR count). The third-order valence-electron chi connectivity index (χ3n) is 4.68. The monoisotopic (exact) mass is 341 g/mol. The van der Waals surface area contributed by atoms with Gasteiger partial charge in [0, 0.05) is 37.7 Å². The molecule has 1 amide bonds. The molecule has 25 heavy (non-hydrogen) atoms. The van der Waals surface area contributed by atoms with Crippen LogP contribution in [0.5, 0.6) is 5.75 Å². The number of piperazine rings is 1. The van der Waals surface area contributed by atoms with Gasteiger partial charge in [-0.15, -0.1) is 0 Å². The first-order valence-electron chi connectivity index (χ1n) is 8.48. The van der Waals surface area contributed by atoms with Crippen molar-refractivity contribution in [3.05, 3.63) is 53.8 Å². The number of rotatable bonds is 3. The minimum atomic E-state index is -0.272. The molecule has 5 nitrogen and oxygen atoms in total. The molecule has 6 heteroatoms. The molecule has 0 aliphatic carbocycles. The first-order valence-corrected chi connectivity index (χ1v) is 8.48. The number of nitrogens with one attached hydrogen (secondary N) is 2. The molecule has 0 radical (unpaired) electrons. The smallest absolute Gasteiger partial charge is 0.226 e. The zero-order valence-corrected chi connectivity index (χ0v) is 13.8. The molecule has 2 aliphatic rings. The van der Waals surface area contributed by atoms with Gasteiger partial charge in [0.15, 0.2) is 0 Å². The normalized spacial score (nSPS) is 19.5. The fraction of sp³-hybridized carbons (Fsp3) is 0.316. The maximum absolute atomic E-state index is 13.7. The number of amides is 1. The van der Waals surface area contributed by atoms with Gasteiger partial charge in [0.1, 0.15) is 18.2 Å². The van der Waals surface area contributed by atoms with Gasteiger partial charge >= 0.3 is 0 Å². The second kappa shape index (κ2) is 6.72. The van der Waals surface area contributed by atoms with E-state index in [-0.39, 0.29) is 24.4 Å². The lowest BCUT2D eigenvalue weighted by molar-refractivity contribution is -0.116. The summed E-state index contributed by atoms with van der Waals surface area (Å²) in [5, 5.41) is 6.30. The van der Waals surface area contributed by atoms with Crippen LogP contribution in [0.1, 0.15) is 12.0 Å². The van der Waals surface area contributed by atoms with Crippen molar-refractivity contribution >= 4 is 17.3 Å². The van der Waals surface area contributed by atoms with E-state index in [1.54, 1.807) is 18.2 Å². The Labute approximate surface area is 145 Å². The van der Waals surface area contributed by atoms with Crippen LogP contribution in [0.25, 0.3) is 0 Å². The second-order valence-electron chi connectivity index (χ2n) is 6.36. The Morgan fingerprint density at radius 1 is 1.24 bits per heavy atom. The number of anilines is 2. The van der Waals surface area contributed by atoms with E-state index in [9.17, 15) is 9.18 Å². The first kappa shape index (κ1) is 15.9. The van der Waals surface area contributed by atoms with Crippen molar-refractivity contribution in [3.8, 4) is 5.75 Å². The van der Waals surface area contributed by atoms with E-state index >= 15 is 0 Å². The Morgan fingerprint density at radius 3 is 3.00 bits per heavy atom. The highest BCUT2D eigenvalue weighted by molar-refractivity contribution is 5.97. The van der Waals surface area contributed by atoms with Crippen molar-refractivity contribution in [2.45, 2.75) is 19.1 Å². The molecule has 2 N–H and O–H groups in total. The van der Waals surface area contributed by atoms with Crippen LogP contribution < -0.4 is 20.3 Å². The average Bonchev–Trinajstić information content (AvgIpc) is 2.76. The van der Waals surface area contributed by atoms with Gasteiger partial charge in [0.05, 0.1) is 17.4 Å². The molecule has 0 aromatic heterocycles. The number of carbonyl (C=O) groups is 1. The molecule has 1 fully saturated rings. The molecular formula is C19H20FN3O2. The number of carbonyl (C=O) groups excluding carboxylic acids is 1. The lowest BCUT2D eigenvalue weighted by Crippen LogP contribution is -2.51. The van der Waals surface area contributed by atoms with Crippen molar-refractivity contribution < 1.29 is 13.9 Å². The highest BCUT2D eigenvalue weighted by atomic mass is 19.1. The van der Waals surface area contributed by atoms with E-state index in [1.807, 2.05) is 18.2 Å².